The largest absolute Gasteiger partial charge is 0.384 e. The Morgan fingerprint density at radius 2 is 2.11 bits per heavy atom. The van der Waals surface area contributed by atoms with Gasteiger partial charge in [-0.3, -0.25) is 14.3 Å². The first-order chi connectivity index (χ1) is 13.7. The van der Waals surface area contributed by atoms with Crippen LogP contribution in [0, 0.1) is 11.8 Å². The molecular weight excluding hydrogens is 358 g/mol. The van der Waals surface area contributed by atoms with Gasteiger partial charge in [0.2, 0.25) is 0 Å². The van der Waals surface area contributed by atoms with Gasteiger partial charge in [0, 0.05) is 43.2 Å². The molecule has 1 saturated carbocycles. The van der Waals surface area contributed by atoms with Crippen molar-refractivity contribution in [3.63, 3.8) is 0 Å². The Morgan fingerprint density at radius 3 is 2.89 bits per heavy atom. The van der Waals surface area contributed by atoms with Crippen molar-refractivity contribution in [2.75, 3.05) is 32.1 Å². The van der Waals surface area contributed by atoms with Gasteiger partial charge >= 0.3 is 0 Å². The second kappa shape index (κ2) is 6.63. The van der Waals surface area contributed by atoms with Gasteiger partial charge in [-0.1, -0.05) is 12.1 Å². The van der Waals surface area contributed by atoms with Crippen LogP contribution in [-0.4, -0.2) is 54.4 Å². The smallest absolute Gasteiger partial charge is 0.271 e. The molecule has 3 atom stereocenters. The summed E-state index contributed by atoms with van der Waals surface area (Å²) in [6, 6.07) is 7.85. The molecule has 3 heterocycles. The molecule has 2 aromatic rings. The highest BCUT2D eigenvalue weighted by molar-refractivity contribution is 5.98. The minimum Gasteiger partial charge on any atom is -0.384 e. The van der Waals surface area contributed by atoms with Crippen LogP contribution in [-0.2, 0) is 17.7 Å². The van der Waals surface area contributed by atoms with Crippen molar-refractivity contribution in [2.24, 2.45) is 11.8 Å². The molecule has 3 aliphatic rings. The molecule has 3 N–H and O–H groups in total. The van der Waals surface area contributed by atoms with E-state index in [1.165, 1.54) is 5.56 Å². The number of benzene rings is 1. The highest BCUT2D eigenvalue weighted by atomic mass is 16.5. The van der Waals surface area contributed by atoms with Crippen LogP contribution in [0.25, 0.3) is 0 Å². The van der Waals surface area contributed by atoms with Gasteiger partial charge in [0.05, 0.1) is 19.8 Å². The van der Waals surface area contributed by atoms with Gasteiger partial charge < -0.3 is 20.7 Å². The molecule has 2 aliphatic heterocycles. The standard InChI is InChI=1S/C20H23N5O3/c1-21-19(26)16-7-17(20(27)23-18-13-9-28-10-14(13)18)25(24-16)8-11-3-2-4-15-12(11)5-6-22-15/h2-4,7,13-14,18,22H,5-6,8-10H2,1H3,(H,21,26)(H,23,27)/t13-,14+,18+. The Kier molecular flexibility index (Phi) is 4.08. The maximum absolute atomic E-state index is 12.9. The van der Waals surface area contributed by atoms with E-state index in [0.29, 0.717) is 37.3 Å². The third kappa shape index (κ3) is 2.84. The van der Waals surface area contributed by atoms with Crippen LogP contribution in [0.3, 0.4) is 0 Å². The zero-order valence-corrected chi connectivity index (χ0v) is 15.7. The first kappa shape index (κ1) is 17.2. The fraction of sp³-hybridized carbons (Fsp3) is 0.450. The molecule has 2 fully saturated rings. The van der Waals surface area contributed by atoms with E-state index in [1.807, 2.05) is 6.07 Å². The SMILES string of the molecule is CNC(=O)c1cc(C(=O)N[C@H]2[C@@H]3COC[C@@H]32)n(Cc2cccc3c2CCN3)n1. The average Bonchev–Trinajstić information content (AvgIpc) is 3.22. The summed E-state index contributed by atoms with van der Waals surface area (Å²) in [5, 5.41) is 13.5. The Morgan fingerprint density at radius 1 is 1.29 bits per heavy atom. The van der Waals surface area contributed by atoms with Gasteiger partial charge in [-0.2, -0.15) is 5.10 Å². The molecule has 28 heavy (non-hydrogen) atoms. The summed E-state index contributed by atoms with van der Waals surface area (Å²) in [5.74, 6) is 0.349. The van der Waals surface area contributed by atoms with E-state index in [-0.39, 0.29) is 23.6 Å². The summed E-state index contributed by atoms with van der Waals surface area (Å²) in [7, 11) is 1.56. The second-order valence-corrected chi connectivity index (χ2v) is 7.64. The van der Waals surface area contributed by atoms with Gasteiger partial charge in [-0.25, -0.2) is 0 Å². The number of aromatic nitrogens is 2. The number of anilines is 1. The van der Waals surface area contributed by atoms with Crippen molar-refractivity contribution in [1.29, 1.82) is 0 Å². The quantitative estimate of drug-likeness (QED) is 0.706. The summed E-state index contributed by atoms with van der Waals surface area (Å²) in [5.41, 5.74) is 4.15. The minimum absolute atomic E-state index is 0.165. The molecule has 0 radical (unpaired) electrons. The summed E-state index contributed by atoms with van der Waals surface area (Å²) < 4.78 is 7.03. The normalized spacial score (nSPS) is 24.2. The molecule has 1 saturated heterocycles. The number of hydrogen-bond acceptors (Lipinski definition) is 5. The molecule has 0 unspecified atom stereocenters. The molecule has 1 aromatic heterocycles. The Balaban J connectivity index is 1.43. The summed E-state index contributed by atoms with van der Waals surface area (Å²) in [4.78, 5) is 25.0. The number of carbonyl (C=O) groups is 2. The first-order valence-electron chi connectivity index (χ1n) is 9.69. The molecule has 0 spiro atoms. The lowest BCUT2D eigenvalue weighted by atomic mass is 10.1. The van der Waals surface area contributed by atoms with Gasteiger partial charge in [0.15, 0.2) is 5.69 Å². The van der Waals surface area contributed by atoms with Crippen LogP contribution in [0.15, 0.2) is 24.3 Å². The Labute approximate surface area is 162 Å². The zero-order chi connectivity index (χ0) is 19.3. The highest BCUT2D eigenvalue weighted by Gasteiger charge is 2.55. The van der Waals surface area contributed by atoms with Crippen LogP contribution < -0.4 is 16.0 Å². The van der Waals surface area contributed by atoms with Gasteiger partial charge in [0.25, 0.3) is 11.8 Å². The van der Waals surface area contributed by atoms with Gasteiger partial charge in [-0.15, -0.1) is 0 Å². The van der Waals surface area contributed by atoms with Gasteiger partial charge in [-0.05, 0) is 23.6 Å². The minimum atomic E-state index is -0.301. The lowest BCUT2D eigenvalue weighted by Crippen LogP contribution is -2.31. The van der Waals surface area contributed by atoms with Crippen LogP contribution in [0.1, 0.15) is 32.1 Å². The molecule has 2 amide bonds. The maximum atomic E-state index is 12.9. The molecule has 1 aliphatic carbocycles. The second-order valence-electron chi connectivity index (χ2n) is 7.64. The number of rotatable bonds is 5. The van der Waals surface area contributed by atoms with Crippen LogP contribution in [0.5, 0.6) is 0 Å². The molecular formula is C20H23N5O3. The maximum Gasteiger partial charge on any atom is 0.271 e. The van der Waals surface area contributed by atoms with Crippen LogP contribution in [0.2, 0.25) is 0 Å². The molecule has 8 nitrogen and oxygen atoms in total. The van der Waals surface area contributed by atoms with Gasteiger partial charge in [0.1, 0.15) is 5.69 Å². The predicted molar refractivity (Wildman–Crippen MR) is 102 cm³/mol. The molecule has 1 aromatic carbocycles. The molecule has 146 valence electrons. The first-order valence-corrected chi connectivity index (χ1v) is 9.69. The monoisotopic (exact) mass is 381 g/mol. The molecule has 8 heteroatoms. The van der Waals surface area contributed by atoms with Crippen molar-refractivity contribution < 1.29 is 14.3 Å². The number of carbonyl (C=O) groups excluding carboxylic acids is 2. The number of hydrogen-bond donors (Lipinski definition) is 3. The third-order valence-electron chi connectivity index (χ3n) is 6.01. The van der Waals surface area contributed by atoms with Crippen molar-refractivity contribution in [1.82, 2.24) is 20.4 Å². The number of ether oxygens (including phenoxy) is 1. The third-order valence-corrected chi connectivity index (χ3v) is 6.01. The fourth-order valence-corrected chi connectivity index (χ4v) is 4.37. The van der Waals surface area contributed by atoms with E-state index in [0.717, 1.165) is 24.2 Å². The fourth-order valence-electron chi connectivity index (χ4n) is 4.37. The van der Waals surface area contributed by atoms with Crippen molar-refractivity contribution in [3.05, 3.63) is 46.8 Å². The van der Waals surface area contributed by atoms with Crippen molar-refractivity contribution in [3.8, 4) is 0 Å². The molecule has 0 bridgehead atoms. The van der Waals surface area contributed by atoms with Crippen molar-refractivity contribution in [2.45, 2.75) is 19.0 Å². The van der Waals surface area contributed by atoms with E-state index in [4.69, 9.17) is 4.74 Å². The summed E-state index contributed by atoms with van der Waals surface area (Å²) in [6.45, 7) is 2.78. The summed E-state index contributed by atoms with van der Waals surface area (Å²) >= 11 is 0. The van der Waals surface area contributed by atoms with Crippen LogP contribution >= 0.6 is 0 Å². The van der Waals surface area contributed by atoms with E-state index < -0.39 is 0 Å². The Bertz CT molecular complexity index is 943. The van der Waals surface area contributed by atoms with Crippen molar-refractivity contribution >= 4 is 17.5 Å². The van der Waals surface area contributed by atoms with E-state index in [1.54, 1.807) is 17.8 Å². The molecule has 5 rings (SSSR count). The zero-order valence-electron chi connectivity index (χ0n) is 15.7. The summed E-state index contributed by atoms with van der Waals surface area (Å²) in [6.07, 6.45) is 0.946. The van der Waals surface area contributed by atoms with Crippen LogP contribution in [0.4, 0.5) is 5.69 Å². The van der Waals surface area contributed by atoms with E-state index in [2.05, 4.69) is 33.2 Å². The average molecular weight is 381 g/mol. The topological polar surface area (TPSA) is 97.3 Å². The Hall–Kier alpha value is -2.87. The lowest BCUT2D eigenvalue weighted by molar-refractivity contribution is 0.0917. The highest BCUT2D eigenvalue weighted by Crippen LogP contribution is 2.44. The van der Waals surface area contributed by atoms with E-state index in [9.17, 15) is 9.59 Å². The number of nitrogens with zero attached hydrogens (tertiary/aromatic N) is 2. The lowest BCUT2D eigenvalue weighted by Gasteiger charge is -2.12. The number of amides is 2. The predicted octanol–water partition coefficient (Wildman–Crippen LogP) is 0.634. The van der Waals surface area contributed by atoms with E-state index >= 15 is 0 Å². The number of fused-ring (bicyclic) bond motifs is 2. The number of nitrogens with one attached hydrogen (secondary N) is 3.